The Hall–Kier alpha value is -4.00. The van der Waals surface area contributed by atoms with Crippen molar-refractivity contribution in [2.75, 3.05) is 23.3 Å². The van der Waals surface area contributed by atoms with Gasteiger partial charge in [-0.3, -0.25) is 4.79 Å². The minimum Gasteiger partial charge on any atom is -0.354 e. The van der Waals surface area contributed by atoms with Crippen LogP contribution in [-0.4, -0.2) is 39.0 Å². The molecule has 7 heteroatoms. The number of hydrogen-bond acceptors (Lipinski definition) is 5. The predicted molar refractivity (Wildman–Crippen MR) is 125 cm³/mol. The number of amides is 1. The zero-order chi connectivity index (χ0) is 21.8. The second-order valence-corrected chi connectivity index (χ2v) is 7.89. The van der Waals surface area contributed by atoms with Crippen LogP contribution in [-0.2, 0) is 4.79 Å². The van der Waals surface area contributed by atoms with Gasteiger partial charge in [0.05, 0.1) is 5.92 Å². The van der Waals surface area contributed by atoms with Crippen molar-refractivity contribution < 1.29 is 4.79 Å². The van der Waals surface area contributed by atoms with E-state index < -0.39 is 0 Å². The second-order valence-electron chi connectivity index (χ2n) is 7.89. The first kappa shape index (κ1) is 19.9. The largest absolute Gasteiger partial charge is 0.354 e. The number of nitrogens with one attached hydrogen (secondary N) is 1. The van der Waals surface area contributed by atoms with E-state index >= 15 is 0 Å². The van der Waals surface area contributed by atoms with Gasteiger partial charge in [-0.2, -0.15) is 5.10 Å². The van der Waals surface area contributed by atoms with Crippen LogP contribution in [0, 0.1) is 5.92 Å². The van der Waals surface area contributed by atoms with Crippen molar-refractivity contribution in [2.45, 2.75) is 12.8 Å². The number of nitrogens with zero attached hydrogens (tertiary/aromatic N) is 5. The maximum Gasteiger partial charge on any atom is 0.229 e. The molecule has 1 aliphatic heterocycles. The van der Waals surface area contributed by atoms with Gasteiger partial charge < -0.3 is 10.2 Å². The summed E-state index contributed by atoms with van der Waals surface area (Å²) in [6.07, 6.45) is 5.33. The van der Waals surface area contributed by atoms with E-state index in [9.17, 15) is 4.79 Å². The van der Waals surface area contributed by atoms with E-state index in [-0.39, 0.29) is 11.8 Å². The third kappa shape index (κ3) is 4.23. The second kappa shape index (κ2) is 9.01. The van der Waals surface area contributed by atoms with Crippen molar-refractivity contribution in [1.29, 1.82) is 0 Å². The van der Waals surface area contributed by atoms with Crippen LogP contribution in [0.3, 0.4) is 0 Å². The highest BCUT2D eigenvalue weighted by Gasteiger charge is 2.27. The molecule has 160 valence electrons. The fraction of sp³-hybridized carbons (Fsp3) is 0.200. The van der Waals surface area contributed by atoms with Gasteiger partial charge in [0.25, 0.3) is 0 Å². The molecule has 5 rings (SSSR count). The van der Waals surface area contributed by atoms with Crippen molar-refractivity contribution in [2.24, 2.45) is 5.92 Å². The number of carbonyl (C=O) groups is 1. The van der Waals surface area contributed by atoms with E-state index in [0.29, 0.717) is 12.4 Å². The van der Waals surface area contributed by atoms with Gasteiger partial charge in [0.1, 0.15) is 0 Å². The molecule has 2 aromatic heterocycles. The van der Waals surface area contributed by atoms with Crippen LogP contribution in [0.2, 0.25) is 0 Å². The Bertz CT molecular complexity index is 1170. The Balaban J connectivity index is 1.29. The Kier molecular flexibility index (Phi) is 5.61. The Labute approximate surface area is 186 Å². The fourth-order valence-corrected chi connectivity index (χ4v) is 4.11. The van der Waals surface area contributed by atoms with E-state index in [1.165, 1.54) is 0 Å². The van der Waals surface area contributed by atoms with Crippen LogP contribution in [0.5, 0.6) is 0 Å². The lowest BCUT2D eigenvalue weighted by Crippen LogP contribution is -2.41. The highest BCUT2D eigenvalue weighted by atomic mass is 16.1. The molecule has 0 saturated carbocycles. The summed E-state index contributed by atoms with van der Waals surface area (Å²) >= 11 is 0. The van der Waals surface area contributed by atoms with Gasteiger partial charge in [-0.05, 0) is 42.7 Å². The number of carbonyl (C=O) groups excluding carboxylic acids is 1. The zero-order valence-corrected chi connectivity index (χ0v) is 17.6. The van der Waals surface area contributed by atoms with Crippen molar-refractivity contribution in [1.82, 2.24) is 20.0 Å². The zero-order valence-electron chi connectivity index (χ0n) is 17.6. The van der Waals surface area contributed by atoms with Crippen LogP contribution in [0.4, 0.5) is 11.5 Å². The molecule has 32 heavy (non-hydrogen) atoms. The molecule has 2 aromatic carbocycles. The third-order valence-corrected chi connectivity index (χ3v) is 5.76. The fourth-order valence-electron chi connectivity index (χ4n) is 4.11. The predicted octanol–water partition coefficient (Wildman–Crippen LogP) is 4.18. The Morgan fingerprint density at radius 2 is 1.69 bits per heavy atom. The standard InChI is InChI=1S/C25H24N6O/c32-25(27-22-12-5-4-11-21(22)19-8-2-1-3-9-19)20-10-6-16-30(18-20)23-13-14-24(29-28-23)31-17-7-15-26-31/h1-5,7-9,11-15,17,20H,6,10,16,18H2,(H,27,32). The summed E-state index contributed by atoms with van der Waals surface area (Å²) in [5.41, 5.74) is 2.94. The van der Waals surface area contributed by atoms with Gasteiger partial charge in [-0.15, -0.1) is 10.2 Å². The average molecular weight is 425 g/mol. The van der Waals surface area contributed by atoms with E-state index in [1.807, 2.05) is 66.9 Å². The number of rotatable bonds is 5. The summed E-state index contributed by atoms with van der Waals surface area (Å²) < 4.78 is 1.67. The number of aromatic nitrogens is 4. The smallest absolute Gasteiger partial charge is 0.229 e. The normalized spacial score (nSPS) is 16.0. The lowest BCUT2D eigenvalue weighted by molar-refractivity contribution is -0.120. The van der Waals surface area contributed by atoms with Crippen molar-refractivity contribution in [3.05, 3.63) is 85.2 Å². The number of anilines is 2. The lowest BCUT2D eigenvalue weighted by atomic mass is 9.96. The van der Waals surface area contributed by atoms with Crippen molar-refractivity contribution in [3.63, 3.8) is 0 Å². The van der Waals surface area contributed by atoms with Gasteiger partial charge in [0.15, 0.2) is 11.6 Å². The van der Waals surface area contributed by atoms with E-state index in [2.05, 4.69) is 37.6 Å². The van der Waals surface area contributed by atoms with Crippen LogP contribution >= 0.6 is 0 Å². The van der Waals surface area contributed by atoms with Crippen molar-refractivity contribution >= 4 is 17.4 Å². The molecule has 0 aliphatic carbocycles. The molecule has 1 unspecified atom stereocenters. The average Bonchev–Trinajstić information content (AvgIpc) is 3.40. The monoisotopic (exact) mass is 424 g/mol. The SMILES string of the molecule is O=C(Nc1ccccc1-c1ccccc1)C1CCCN(c2ccc(-n3cccn3)nn2)C1. The topological polar surface area (TPSA) is 75.9 Å². The number of piperidine rings is 1. The van der Waals surface area contributed by atoms with Crippen LogP contribution in [0.25, 0.3) is 16.9 Å². The number of hydrogen-bond donors (Lipinski definition) is 1. The van der Waals surface area contributed by atoms with Gasteiger partial charge >= 0.3 is 0 Å². The summed E-state index contributed by atoms with van der Waals surface area (Å²) in [5, 5.41) is 16.0. The van der Waals surface area contributed by atoms with E-state index in [1.54, 1.807) is 10.9 Å². The summed E-state index contributed by atoms with van der Waals surface area (Å²) in [6, 6.07) is 23.7. The third-order valence-electron chi connectivity index (χ3n) is 5.76. The minimum absolute atomic E-state index is 0.0409. The Morgan fingerprint density at radius 1 is 0.906 bits per heavy atom. The lowest BCUT2D eigenvalue weighted by Gasteiger charge is -2.32. The molecule has 1 fully saturated rings. The van der Waals surface area contributed by atoms with Crippen molar-refractivity contribution in [3.8, 4) is 16.9 Å². The molecule has 4 aromatic rings. The maximum absolute atomic E-state index is 13.2. The summed E-state index contributed by atoms with van der Waals surface area (Å²) in [4.78, 5) is 15.3. The molecular formula is C25H24N6O. The molecule has 0 spiro atoms. The van der Waals surface area contributed by atoms with Gasteiger partial charge in [0.2, 0.25) is 5.91 Å². The molecule has 7 nitrogen and oxygen atoms in total. The summed E-state index contributed by atoms with van der Waals surface area (Å²) in [7, 11) is 0. The number of benzene rings is 2. The quantitative estimate of drug-likeness (QED) is 0.520. The van der Waals surface area contributed by atoms with Gasteiger partial charge in [0, 0.05) is 36.7 Å². The van der Waals surface area contributed by atoms with Crippen LogP contribution in [0.1, 0.15) is 12.8 Å². The maximum atomic E-state index is 13.2. The van der Waals surface area contributed by atoms with Gasteiger partial charge in [-0.25, -0.2) is 4.68 Å². The summed E-state index contributed by atoms with van der Waals surface area (Å²) in [6.45, 7) is 1.48. The first-order valence-electron chi connectivity index (χ1n) is 10.8. The molecule has 0 radical (unpaired) electrons. The molecule has 1 aliphatic rings. The number of para-hydroxylation sites is 1. The van der Waals surface area contributed by atoms with Crippen LogP contribution < -0.4 is 10.2 Å². The van der Waals surface area contributed by atoms with Crippen LogP contribution in [0.15, 0.2) is 85.2 Å². The molecule has 1 saturated heterocycles. The first-order chi connectivity index (χ1) is 15.8. The highest BCUT2D eigenvalue weighted by Crippen LogP contribution is 2.29. The molecular weight excluding hydrogens is 400 g/mol. The highest BCUT2D eigenvalue weighted by molar-refractivity contribution is 5.97. The first-order valence-corrected chi connectivity index (χ1v) is 10.8. The van der Waals surface area contributed by atoms with E-state index in [4.69, 9.17) is 0 Å². The summed E-state index contributed by atoms with van der Waals surface area (Å²) in [5.74, 6) is 1.38. The molecule has 1 N–H and O–H groups in total. The van der Waals surface area contributed by atoms with Gasteiger partial charge in [-0.1, -0.05) is 48.5 Å². The van der Waals surface area contributed by atoms with E-state index in [0.717, 1.165) is 42.0 Å². The molecule has 1 amide bonds. The Morgan fingerprint density at radius 3 is 2.47 bits per heavy atom. The molecule has 0 bridgehead atoms. The molecule has 3 heterocycles. The minimum atomic E-state index is -0.111. The molecule has 1 atom stereocenters.